The van der Waals surface area contributed by atoms with Crippen LogP contribution in [0.25, 0.3) is 11.4 Å². The predicted octanol–water partition coefficient (Wildman–Crippen LogP) is 4.40. The Hall–Kier alpha value is -2.37. The number of hydrogen-bond donors (Lipinski definition) is 0. The summed E-state index contributed by atoms with van der Waals surface area (Å²) >= 11 is 11.7. The van der Waals surface area contributed by atoms with E-state index in [1.807, 2.05) is 0 Å². The van der Waals surface area contributed by atoms with Crippen molar-refractivity contribution in [3.63, 3.8) is 0 Å². The molecule has 0 bridgehead atoms. The van der Waals surface area contributed by atoms with Crippen LogP contribution in [-0.2, 0) is 11.3 Å². The Balaban J connectivity index is 1.65. The molecule has 0 saturated heterocycles. The standard InChI is InChI=1S/C16H10Cl2N2O3/c17-12-6-4-10(5-7-12)16(21)22-9-14-19-15(20-23-14)11-2-1-3-13(18)8-11/h1-8H,9H2. The van der Waals surface area contributed by atoms with Gasteiger partial charge in [-0.3, -0.25) is 0 Å². The molecule has 5 nitrogen and oxygen atoms in total. The fourth-order valence-corrected chi connectivity index (χ4v) is 2.17. The molecule has 1 heterocycles. The Morgan fingerprint density at radius 1 is 1.09 bits per heavy atom. The number of carbonyl (C=O) groups is 1. The Kier molecular flexibility index (Phi) is 4.60. The van der Waals surface area contributed by atoms with Gasteiger partial charge in [0.25, 0.3) is 5.89 Å². The first-order chi connectivity index (χ1) is 11.1. The van der Waals surface area contributed by atoms with E-state index in [0.717, 1.165) is 5.56 Å². The number of aromatic nitrogens is 2. The second-order valence-corrected chi connectivity index (χ2v) is 5.48. The Bertz CT molecular complexity index is 831. The molecule has 0 N–H and O–H groups in total. The number of halogens is 2. The van der Waals surface area contributed by atoms with Crippen LogP contribution >= 0.6 is 23.2 Å². The van der Waals surface area contributed by atoms with E-state index in [-0.39, 0.29) is 12.5 Å². The van der Waals surface area contributed by atoms with Crippen molar-refractivity contribution in [1.29, 1.82) is 0 Å². The van der Waals surface area contributed by atoms with E-state index in [2.05, 4.69) is 10.1 Å². The lowest BCUT2D eigenvalue weighted by Crippen LogP contribution is -2.05. The highest BCUT2D eigenvalue weighted by molar-refractivity contribution is 6.31. The van der Waals surface area contributed by atoms with Gasteiger partial charge in [0.2, 0.25) is 5.82 Å². The van der Waals surface area contributed by atoms with Crippen molar-refractivity contribution in [3.05, 3.63) is 70.0 Å². The van der Waals surface area contributed by atoms with Gasteiger partial charge in [0, 0.05) is 15.6 Å². The minimum Gasteiger partial charge on any atom is -0.452 e. The van der Waals surface area contributed by atoms with Crippen molar-refractivity contribution >= 4 is 29.2 Å². The quantitative estimate of drug-likeness (QED) is 0.653. The molecule has 0 aliphatic heterocycles. The fraction of sp³-hybridized carbons (Fsp3) is 0.0625. The summed E-state index contributed by atoms with van der Waals surface area (Å²) in [6.45, 7) is -0.116. The van der Waals surface area contributed by atoms with Crippen LogP contribution in [0.4, 0.5) is 0 Å². The summed E-state index contributed by atoms with van der Waals surface area (Å²) in [5.41, 5.74) is 1.11. The first-order valence-corrected chi connectivity index (χ1v) is 7.38. The van der Waals surface area contributed by atoms with Gasteiger partial charge in [0.05, 0.1) is 5.56 Å². The first-order valence-electron chi connectivity index (χ1n) is 6.63. The molecule has 7 heteroatoms. The molecule has 23 heavy (non-hydrogen) atoms. The zero-order valence-corrected chi connectivity index (χ0v) is 13.2. The average molecular weight is 349 g/mol. The number of nitrogens with zero attached hydrogens (tertiary/aromatic N) is 2. The Morgan fingerprint density at radius 2 is 1.87 bits per heavy atom. The molecule has 3 rings (SSSR count). The van der Waals surface area contributed by atoms with E-state index >= 15 is 0 Å². The number of benzene rings is 2. The van der Waals surface area contributed by atoms with Gasteiger partial charge in [-0.1, -0.05) is 40.5 Å². The van der Waals surface area contributed by atoms with Crippen LogP contribution in [-0.4, -0.2) is 16.1 Å². The van der Waals surface area contributed by atoms with Crippen LogP contribution < -0.4 is 0 Å². The Labute approximate surface area is 141 Å². The maximum atomic E-state index is 11.9. The molecule has 0 amide bonds. The molecule has 2 aromatic carbocycles. The third kappa shape index (κ3) is 3.88. The first kappa shape index (κ1) is 15.5. The third-order valence-electron chi connectivity index (χ3n) is 2.96. The molecule has 3 aromatic rings. The molecule has 0 atom stereocenters. The number of hydrogen-bond acceptors (Lipinski definition) is 5. The largest absolute Gasteiger partial charge is 0.452 e. The summed E-state index contributed by atoms with van der Waals surface area (Å²) in [6.07, 6.45) is 0. The van der Waals surface area contributed by atoms with E-state index < -0.39 is 5.97 Å². The topological polar surface area (TPSA) is 65.2 Å². The summed E-state index contributed by atoms with van der Waals surface area (Å²) in [7, 11) is 0. The summed E-state index contributed by atoms with van der Waals surface area (Å²) in [5.74, 6) is 0.0801. The highest BCUT2D eigenvalue weighted by Crippen LogP contribution is 2.20. The van der Waals surface area contributed by atoms with Gasteiger partial charge in [0.15, 0.2) is 6.61 Å². The van der Waals surface area contributed by atoms with Gasteiger partial charge < -0.3 is 9.26 Å². The van der Waals surface area contributed by atoms with Crippen LogP contribution in [0.1, 0.15) is 16.2 Å². The summed E-state index contributed by atoms with van der Waals surface area (Å²) < 4.78 is 10.2. The number of carbonyl (C=O) groups excluding carboxylic acids is 1. The summed E-state index contributed by atoms with van der Waals surface area (Å²) in [4.78, 5) is 16.0. The van der Waals surface area contributed by atoms with Gasteiger partial charge >= 0.3 is 5.97 Å². The number of esters is 1. The van der Waals surface area contributed by atoms with E-state index in [1.54, 1.807) is 48.5 Å². The maximum absolute atomic E-state index is 11.9. The highest BCUT2D eigenvalue weighted by Gasteiger charge is 2.12. The van der Waals surface area contributed by atoms with Crippen molar-refractivity contribution < 1.29 is 14.1 Å². The van der Waals surface area contributed by atoms with Crippen LogP contribution in [0.2, 0.25) is 10.0 Å². The second kappa shape index (κ2) is 6.81. The SMILES string of the molecule is O=C(OCc1nc(-c2cccc(Cl)c2)no1)c1ccc(Cl)cc1. The van der Waals surface area contributed by atoms with Crippen LogP contribution in [0, 0.1) is 0 Å². The van der Waals surface area contributed by atoms with Gasteiger partial charge in [-0.15, -0.1) is 0 Å². The normalized spacial score (nSPS) is 10.5. The third-order valence-corrected chi connectivity index (χ3v) is 3.44. The highest BCUT2D eigenvalue weighted by atomic mass is 35.5. The summed E-state index contributed by atoms with van der Waals surface area (Å²) in [6, 6.07) is 13.4. The van der Waals surface area contributed by atoms with Crippen molar-refractivity contribution in [1.82, 2.24) is 10.1 Å². The lowest BCUT2D eigenvalue weighted by Gasteiger charge is -2.01. The van der Waals surface area contributed by atoms with Crippen molar-refractivity contribution in [3.8, 4) is 11.4 Å². The fourth-order valence-electron chi connectivity index (χ4n) is 1.85. The van der Waals surface area contributed by atoms with Crippen molar-refractivity contribution in [2.24, 2.45) is 0 Å². The molecule has 0 saturated carbocycles. The number of ether oxygens (including phenoxy) is 1. The monoisotopic (exact) mass is 348 g/mol. The summed E-state index contributed by atoms with van der Waals surface area (Å²) in [5, 5.41) is 4.95. The second-order valence-electron chi connectivity index (χ2n) is 4.61. The van der Waals surface area contributed by atoms with E-state index in [0.29, 0.717) is 21.4 Å². The lowest BCUT2D eigenvalue weighted by molar-refractivity contribution is 0.0430. The van der Waals surface area contributed by atoms with Crippen LogP contribution in [0.5, 0.6) is 0 Å². The van der Waals surface area contributed by atoms with E-state index in [4.69, 9.17) is 32.5 Å². The van der Waals surface area contributed by atoms with Gasteiger partial charge in [-0.05, 0) is 36.4 Å². The molecule has 116 valence electrons. The minimum atomic E-state index is -0.496. The van der Waals surface area contributed by atoms with Gasteiger partial charge in [-0.25, -0.2) is 4.79 Å². The molecule has 1 aromatic heterocycles. The van der Waals surface area contributed by atoms with E-state index in [1.165, 1.54) is 0 Å². The molecule has 0 unspecified atom stereocenters. The lowest BCUT2D eigenvalue weighted by atomic mass is 10.2. The molecule has 0 aliphatic carbocycles. The van der Waals surface area contributed by atoms with Crippen molar-refractivity contribution in [2.75, 3.05) is 0 Å². The van der Waals surface area contributed by atoms with Gasteiger partial charge in [0.1, 0.15) is 0 Å². The molecule has 0 aliphatic rings. The Morgan fingerprint density at radius 3 is 2.61 bits per heavy atom. The maximum Gasteiger partial charge on any atom is 0.338 e. The zero-order chi connectivity index (χ0) is 16.2. The van der Waals surface area contributed by atoms with Crippen LogP contribution in [0.15, 0.2) is 53.1 Å². The van der Waals surface area contributed by atoms with Crippen molar-refractivity contribution in [2.45, 2.75) is 6.61 Å². The minimum absolute atomic E-state index is 0.116. The van der Waals surface area contributed by atoms with Gasteiger partial charge in [-0.2, -0.15) is 4.98 Å². The number of rotatable bonds is 4. The molecule has 0 radical (unpaired) electrons. The molecular formula is C16H10Cl2N2O3. The van der Waals surface area contributed by atoms with E-state index in [9.17, 15) is 4.79 Å². The molecule has 0 fully saturated rings. The predicted molar refractivity (Wildman–Crippen MR) is 85.3 cm³/mol. The zero-order valence-electron chi connectivity index (χ0n) is 11.7. The van der Waals surface area contributed by atoms with Crippen LogP contribution in [0.3, 0.4) is 0 Å². The molecular weight excluding hydrogens is 339 g/mol. The smallest absolute Gasteiger partial charge is 0.338 e. The average Bonchev–Trinajstić information content (AvgIpc) is 3.02. The molecule has 0 spiro atoms.